The number of halogens is 1. The van der Waals surface area contributed by atoms with Gasteiger partial charge in [-0.15, -0.1) is 0 Å². The molecule has 0 aliphatic carbocycles. The first-order valence-electron chi connectivity index (χ1n) is 9.29. The van der Waals surface area contributed by atoms with Crippen molar-refractivity contribution in [2.75, 3.05) is 33.9 Å². The van der Waals surface area contributed by atoms with Gasteiger partial charge in [-0.3, -0.25) is 9.69 Å². The molecule has 3 rings (SSSR count). The largest absolute Gasteiger partial charge is 0.493 e. The van der Waals surface area contributed by atoms with Gasteiger partial charge in [0.2, 0.25) is 0 Å². The van der Waals surface area contributed by atoms with E-state index in [4.69, 9.17) is 14.2 Å². The highest BCUT2D eigenvalue weighted by atomic mass is 79.9. The summed E-state index contributed by atoms with van der Waals surface area (Å²) in [5.41, 5.74) is 0.372. The minimum absolute atomic E-state index is 0.201. The van der Waals surface area contributed by atoms with E-state index in [-0.39, 0.29) is 5.56 Å². The maximum atomic E-state index is 12.5. The van der Waals surface area contributed by atoms with Gasteiger partial charge in [0.25, 0.3) is 5.56 Å². The Morgan fingerprint density at radius 2 is 1.79 bits per heavy atom. The Kier molecular flexibility index (Phi) is 7.11. The van der Waals surface area contributed by atoms with E-state index in [0.29, 0.717) is 47.9 Å². The van der Waals surface area contributed by atoms with E-state index in [1.165, 1.54) is 7.11 Å². The number of benzene rings is 2. The highest BCUT2D eigenvalue weighted by molar-refractivity contribution is 9.10. The normalized spacial score (nSPS) is 11.1. The number of H-pyrrole nitrogens is 1. The molecule has 0 amide bonds. The average molecular weight is 462 g/mol. The average Bonchev–Trinajstić information content (AvgIpc) is 2.73. The van der Waals surface area contributed by atoms with Crippen LogP contribution in [0.25, 0.3) is 10.9 Å². The number of nitrogens with zero attached hydrogens (tertiary/aromatic N) is 2. The highest BCUT2D eigenvalue weighted by Crippen LogP contribution is 2.29. The van der Waals surface area contributed by atoms with Crippen LogP contribution in [0.15, 0.2) is 45.7 Å². The van der Waals surface area contributed by atoms with Crippen LogP contribution in [0.2, 0.25) is 0 Å². The molecule has 0 radical (unpaired) electrons. The maximum absolute atomic E-state index is 12.5. The molecule has 0 spiro atoms. The lowest BCUT2D eigenvalue weighted by Gasteiger charge is -2.20. The minimum Gasteiger partial charge on any atom is -0.493 e. The van der Waals surface area contributed by atoms with Gasteiger partial charge < -0.3 is 19.2 Å². The second kappa shape index (κ2) is 9.76. The predicted molar refractivity (Wildman–Crippen MR) is 116 cm³/mol. The maximum Gasteiger partial charge on any atom is 0.258 e. The van der Waals surface area contributed by atoms with Crippen LogP contribution in [0.5, 0.6) is 17.2 Å². The number of nitrogens with one attached hydrogen (secondary N) is 1. The Balaban J connectivity index is 1.71. The van der Waals surface area contributed by atoms with Crippen LogP contribution in [0.3, 0.4) is 0 Å². The highest BCUT2D eigenvalue weighted by Gasteiger charge is 2.13. The van der Waals surface area contributed by atoms with E-state index in [9.17, 15) is 4.79 Å². The molecule has 1 N–H and O–H groups in total. The van der Waals surface area contributed by atoms with Crippen molar-refractivity contribution in [3.05, 3.63) is 57.0 Å². The molecular formula is C21H24BrN3O4. The van der Waals surface area contributed by atoms with E-state index in [1.807, 2.05) is 24.3 Å². The van der Waals surface area contributed by atoms with Crippen molar-refractivity contribution in [2.45, 2.75) is 13.5 Å². The minimum atomic E-state index is -0.201. The molecule has 0 saturated heterocycles. The fourth-order valence-electron chi connectivity index (χ4n) is 2.97. The first kappa shape index (κ1) is 21.1. The van der Waals surface area contributed by atoms with Gasteiger partial charge in [0.05, 0.1) is 31.7 Å². The smallest absolute Gasteiger partial charge is 0.258 e. The Bertz CT molecular complexity index is 1020. The van der Waals surface area contributed by atoms with Crippen molar-refractivity contribution in [1.29, 1.82) is 0 Å². The summed E-state index contributed by atoms with van der Waals surface area (Å²) in [5.74, 6) is 2.46. The summed E-state index contributed by atoms with van der Waals surface area (Å²) < 4.78 is 17.4. The fourth-order valence-corrected chi connectivity index (χ4v) is 3.24. The van der Waals surface area contributed by atoms with Crippen molar-refractivity contribution >= 4 is 26.8 Å². The third kappa shape index (κ3) is 5.27. The summed E-state index contributed by atoms with van der Waals surface area (Å²) in [4.78, 5) is 22.2. The van der Waals surface area contributed by atoms with Gasteiger partial charge in [0, 0.05) is 17.1 Å². The van der Waals surface area contributed by atoms with Crippen LogP contribution in [-0.2, 0) is 6.54 Å². The molecule has 0 saturated carbocycles. The molecule has 2 aromatic carbocycles. The van der Waals surface area contributed by atoms with Crippen molar-refractivity contribution < 1.29 is 14.2 Å². The molecule has 0 fully saturated rings. The van der Waals surface area contributed by atoms with Crippen molar-refractivity contribution in [2.24, 2.45) is 0 Å². The summed E-state index contributed by atoms with van der Waals surface area (Å²) in [6.07, 6.45) is 0. The Hall–Kier alpha value is -2.58. The van der Waals surface area contributed by atoms with E-state index in [2.05, 4.69) is 37.7 Å². The number of hydrogen-bond acceptors (Lipinski definition) is 6. The zero-order chi connectivity index (χ0) is 20.8. The molecule has 0 unspecified atom stereocenters. The quantitative estimate of drug-likeness (QED) is 0.524. The molecule has 154 valence electrons. The lowest BCUT2D eigenvalue weighted by Crippen LogP contribution is -2.29. The van der Waals surface area contributed by atoms with Crippen LogP contribution in [0.4, 0.5) is 0 Å². The van der Waals surface area contributed by atoms with Crippen LogP contribution in [0, 0.1) is 0 Å². The molecule has 0 atom stereocenters. The molecule has 1 heterocycles. The first-order chi connectivity index (χ1) is 14.0. The van der Waals surface area contributed by atoms with Crippen molar-refractivity contribution in [1.82, 2.24) is 14.9 Å². The summed E-state index contributed by atoms with van der Waals surface area (Å²) in [5, 5.41) is 0.466. The molecule has 7 nitrogen and oxygen atoms in total. The number of aromatic amines is 1. The number of methoxy groups -OCH3 is 2. The zero-order valence-corrected chi connectivity index (χ0v) is 18.3. The standard InChI is InChI=1S/C21H24BrN3O4/c1-4-25(9-10-29-15-7-5-14(22)6-8-15)13-20-23-17-12-19(28-3)18(27-2)11-16(17)21(26)24-20/h5-8,11-12H,4,9-10,13H2,1-3H3,(H,23,24,26). The Labute approximate surface area is 177 Å². The summed E-state index contributed by atoms with van der Waals surface area (Å²) in [6, 6.07) is 11.1. The number of rotatable bonds is 9. The number of hydrogen-bond donors (Lipinski definition) is 1. The van der Waals surface area contributed by atoms with Crippen LogP contribution in [0.1, 0.15) is 12.7 Å². The second-order valence-corrected chi connectivity index (χ2v) is 7.32. The second-order valence-electron chi connectivity index (χ2n) is 6.41. The van der Waals surface area contributed by atoms with Gasteiger partial charge in [0.1, 0.15) is 18.2 Å². The van der Waals surface area contributed by atoms with E-state index in [0.717, 1.165) is 16.8 Å². The third-order valence-electron chi connectivity index (χ3n) is 4.57. The Morgan fingerprint density at radius 1 is 1.10 bits per heavy atom. The molecule has 8 heteroatoms. The van der Waals surface area contributed by atoms with Gasteiger partial charge in [-0.2, -0.15) is 0 Å². The van der Waals surface area contributed by atoms with Crippen LogP contribution >= 0.6 is 15.9 Å². The molecule has 1 aromatic heterocycles. The van der Waals surface area contributed by atoms with Gasteiger partial charge in [-0.25, -0.2) is 4.98 Å². The van der Waals surface area contributed by atoms with Gasteiger partial charge >= 0.3 is 0 Å². The molecule has 0 aliphatic rings. The first-order valence-corrected chi connectivity index (χ1v) is 10.1. The predicted octanol–water partition coefficient (Wildman–Crippen LogP) is 3.60. The molecule has 0 aliphatic heterocycles. The molecular weight excluding hydrogens is 438 g/mol. The van der Waals surface area contributed by atoms with Crippen LogP contribution in [-0.4, -0.2) is 48.8 Å². The summed E-state index contributed by atoms with van der Waals surface area (Å²) >= 11 is 3.41. The lowest BCUT2D eigenvalue weighted by molar-refractivity contribution is 0.206. The van der Waals surface area contributed by atoms with E-state index in [1.54, 1.807) is 19.2 Å². The number of aromatic nitrogens is 2. The Morgan fingerprint density at radius 3 is 2.45 bits per heavy atom. The lowest BCUT2D eigenvalue weighted by atomic mass is 10.2. The van der Waals surface area contributed by atoms with Crippen molar-refractivity contribution in [3.63, 3.8) is 0 Å². The van der Waals surface area contributed by atoms with Gasteiger partial charge in [-0.05, 0) is 36.9 Å². The molecule has 3 aromatic rings. The zero-order valence-electron chi connectivity index (χ0n) is 16.7. The summed E-state index contributed by atoms with van der Waals surface area (Å²) in [6.45, 7) is 4.63. The number of fused-ring (bicyclic) bond motifs is 1. The van der Waals surface area contributed by atoms with Crippen molar-refractivity contribution in [3.8, 4) is 17.2 Å². The van der Waals surface area contributed by atoms with Crippen LogP contribution < -0.4 is 19.8 Å². The SMILES string of the molecule is CCN(CCOc1ccc(Br)cc1)Cc1nc2cc(OC)c(OC)cc2c(=O)[nH]1. The fraction of sp³-hybridized carbons (Fsp3) is 0.333. The molecule has 0 bridgehead atoms. The number of ether oxygens (including phenoxy) is 3. The monoisotopic (exact) mass is 461 g/mol. The topological polar surface area (TPSA) is 76.7 Å². The third-order valence-corrected chi connectivity index (χ3v) is 5.10. The molecule has 29 heavy (non-hydrogen) atoms. The van der Waals surface area contributed by atoms with Gasteiger partial charge in [0.15, 0.2) is 11.5 Å². The van der Waals surface area contributed by atoms with E-state index < -0.39 is 0 Å². The van der Waals surface area contributed by atoms with Gasteiger partial charge in [-0.1, -0.05) is 22.9 Å². The van der Waals surface area contributed by atoms with E-state index >= 15 is 0 Å². The number of likely N-dealkylation sites (N-methyl/N-ethyl adjacent to an activating group) is 1. The summed E-state index contributed by atoms with van der Waals surface area (Å²) in [7, 11) is 3.09.